The van der Waals surface area contributed by atoms with Gasteiger partial charge in [-0.3, -0.25) is 15.0 Å². The molecule has 0 saturated heterocycles. The number of aliphatic imine (C=N–C) groups is 1. The molecule has 0 aliphatic rings. The van der Waals surface area contributed by atoms with Crippen LogP contribution in [0.4, 0.5) is 5.69 Å². The molecule has 0 aliphatic carbocycles. The maximum atomic E-state index is 10.6. The van der Waals surface area contributed by atoms with E-state index in [4.69, 9.17) is 5.21 Å². The third-order valence-corrected chi connectivity index (χ3v) is 1.61. The Kier molecular flexibility index (Phi) is 3.58. The quantitative estimate of drug-likeness (QED) is 0.328. The van der Waals surface area contributed by atoms with Crippen molar-refractivity contribution >= 4 is 24.4 Å². The Morgan fingerprint density at radius 2 is 2.07 bits per heavy atom. The first kappa shape index (κ1) is 10.1. The highest BCUT2D eigenvalue weighted by atomic mass is 16.5. The van der Waals surface area contributed by atoms with Gasteiger partial charge in [-0.2, -0.15) is 0 Å². The van der Waals surface area contributed by atoms with Gasteiger partial charge in [0.1, 0.15) is 0 Å². The maximum Gasteiger partial charge on any atom is 0.267 e. The molecule has 4 nitrogen and oxygen atoms in total. The Balaban J connectivity index is 2.73. The first-order valence-electron chi connectivity index (χ1n) is 3.95. The summed E-state index contributed by atoms with van der Waals surface area (Å²) in [4.78, 5) is 14.4. The van der Waals surface area contributed by atoms with E-state index in [9.17, 15) is 4.79 Å². The lowest BCUT2D eigenvalue weighted by Crippen LogP contribution is -2.14. The fourth-order valence-corrected chi connectivity index (χ4v) is 0.900. The zero-order chi connectivity index (χ0) is 10.4. The smallest absolute Gasteiger partial charge is 0.267 e. The predicted octanol–water partition coefficient (Wildman–Crippen LogP) is 1.54. The van der Waals surface area contributed by atoms with E-state index in [-0.39, 0.29) is 0 Å². The number of carbonyl (C=O) groups excluding carboxylic acids is 1. The van der Waals surface area contributed by atoms with E-state index in [2.05, 4.69) is 11.7 Å². The van der Waals surface area contributed by atoms with Crippen molar-refractivity contribution in [2.24, 2.45) is 4.99 Å². The van der Waals surface area contributed by atoms with E-state index in [1.54, 1.807) is 30.3 Å². The molecule has 0 aliphatic heterocycles. The van der Waals surface area contributed by atoms with Crippen LogP contribution in [-0.2, 0) is 4.79 Å². The van der Waals surface area contributed by atoms with Crippen molar-refractivity contribution in [1.29, 1.82) is 0 Å². The van der Waals surface area contributed by atoms with Crippen LogP contribution in [-0.4, -0.2) is 17.8 Å². The summed E-state index contributed by atoms with van der Waals surface area (Å²) in [5.74, 6) is -0.559. The van der Waals surface area contributed by atoms with Gasteiger partial charge in [0.15, 0.2) is 0 Å². The second-order valence-corrected chi connectivity index (χ2v) is 2.56. The van der Waals surface area contributed by atoms with Crippen LogP contribution >= 0.6 is 0 Å². The Hall–Kier alpha value is -1.94. The van der Waals surface area contributed by atoms with E-state index >= 15 is 0 Å². The Bertz CT molecular complexity index is 355. The van der Waals surface area contributed by atoms with Crippen LogP contribution in [0, 0.1) is 0 Å². The molecule has 72 valence electrons. The van der Waals surface area contributed by atoms with E-state index in [0.717, 1.165) is 11.3 Å². The van der Waals surface area contributed by atoms with Crippen LogP contribution in [0.2, 0.25) is 0 Å². The van der Waals surface area contributed by atoms with Gasteiger partial charge in [0, 0.05) is 6.08 Å². The van der Waals surface area contributed by atoms with Gasteiger partial charge in [-0.15, -0.1) is 0 Å². The lowest BCUT2D eigenvalue weighted by molar-refractivity contribution is -0.124. The maximum absolute atomic E-state index is 10.6. The number of hydrogen-bond donors (Lipinski definition) is 2. The van der Waals surface area contributed by atoms with Crippen molar-refractivity contribution in [2.75, 3.05) is 0 Å². The van der Waals surface area contributed by atoms with Gasteiger partial charge < -0.3 is 0 Å². The van der Waals surface area contributed by atoms with E-state index < -0.39 is 5.91 Å². The fourth-order valence-electron chi connectivity index (χ4n) is 0.900. The summed E-state index contributed by atoms with van der Waals surface area (Å²) in [7, 11) is 0. The molecule has 0 fully saturated rings. The first-order valence-corrected chi connectivity index (χ1v) is 3.95. The predicted molar refractivity (Wildman–Crippen MR) is 54.6 cm³/mol. The monoisotopic (exact) mass is 190 g/mol. The molecular weight excluding hydrogens is 180 g/mol. The minimum absolute atomic E-state index is 0.559. The minimum Gasteiger partial charge on any atom is -0.288 e. The lowest BCUT2D eigenvalue weighted by atomic mass is 10.2. The Morgan fingerprint density at radius 1 is 1.43 bits per heavy atom. The van der Waals surface area contributed by atoms with Gasteiger partial charge in [-0.25, -0.2) is 5.48 Å². The molecule has 14 heavy (non-hydrogen) atoms. The molecule has 0 aromatic heterocycles. The summed E-state index contributed by atoms with van der Waals surface area (Å²) >= 11 is 0. The van der Waals surface area contributed by atoms with E-state index in [0.29, 0.717) is 0 Å². The molecule has 0 radical (unpaired) electrons. The molecule has 2 N–H and O–H groups in total. The summed E-state index contributed by atoms with van der Waals surface area (Å²) in [5, 5.41) is 8.22. The zero-order valence-electron chi connectivity index (χ0n) is 7.47. The molecule has 1 amide bonds. The van der Waals surface area contributed by atoms with Gasteiger partial charge in [0.25, 0.3) is 5.91 Å². The molecule has 0 spiro atoms. The van der Waals surface area contributed by atoms with Crippen molar-refractivity contribution < 1.29 is 10.0 Å². The number of amides is 1. The molecule has 4 heteroatoms. The molecule has 1 aromatic rings. The molecule has 0 saturated carbocycles. The number of hydrogen-bond acceptors (Lipinski definition) is 3. The number of hydroxylamine groups is 1. The van der Waals surface area contributed by atoms with Crippen molar-refractivity contribution in [1.82, 2.24) is 5.48 Å². The number of benzene rings is 1. The summed E-state index contributed by atoms with van der Waals surface area (Å²) in [5.41, 5.74) is 3.12. The highest BCUT2D eigenvalue weighted by Crippen LogP contribution is 2.12. The van der Waals surface area contributed by atoms with E-state index in [1.807, 2.05) is 0 Å². The van der Waals surface area contributed by atoms with Crippen molar-refractivity contribution in [3.63, 3.8) is 0 Å². The average Bonchev–Trinajstić information content (AvgIpc) is 2.26. The van der Waals surface area contributed by atoms with Crippen LogP contribution in [0.3, 0.4) is 0 Å². The molecule has 0 bridgehead atoms. The number of nitrogens with zero attached hydrogens (tertiary/aromatic N) is 1. The SMILES string of the molecule is C=Nc1ccc(/C=C/C(=O)NO)cc1. The summed E-state index contributed by atoms with van der Waals surface area (Å²) in [6, 6.07) is 7.16. The molecule has 0 unspecified atom stereocenters. The van der Waals surface area contributed by atoms with Crippen molar-refractivity contribution in [3.05, 3.63) is 35.9 Å². The summed E-state index contributed by atoms with van der Waals surface area (Å²) in [6.45, 7) is 3.38. The standard InChI is InChI=1S/C10H10N2O2/c1-11-9-5-2-8(3-6-9)4-7-10(13)12-14/h2-7,14H,1H2,(H,12,13)/b7-4+. The second kappa shape index (κ2) is 4.94. The summed E-state index contributed by atoms with van der Waals surface area (Å²) < 4.78 is 0. The van der Waals surface area contributed by atoms with Crippen LogP contribution < -0.4 is 5.48 Å². The first-order chi connectivity index (χ1) is 6.76. The molecular formula is C10H10N2O2. The van der Waals surface area contributed by atoms with Gasteiger partial charge in [-0.1, -0.05) is 12.1 Å². The van der Waals surface area contributed by atoms with Crippen LogP contribution in [0.25, 0.3) is 6.08 Å². The molecule has 0 atom stereocenters. The third-order valence-electron chi connectivity index (χ3n) is 1.61. The number of carbonyl (C=O) groups is 1. The Labute approximate surface area is 81.6 Å². The van der Waals surface area contributed by atoms with Crippen LogP contribution in [0.5, 0.6) is 0 Å². The highest BCUT2D eigenvalue weighted by Gasteiger charge is 1.91. The van der Waals surface area contributed by atoms with Gasteiger partial charge >= 0.3 is 0 Å². The largest absolute Gasteiger partial charge is 0.288 e. The number of rotatable bonds is 3. The lowest BCUT2D eigenvalue weighted by Gasteiger charge is -1.94. The molecule has 1 aromatic carbocycles. The van der Waals surface area contributed by atoms with Gasteiger partial charge in [-0.05, 0) is 30.5 Å². The second-order valence-electron chi connectivity index (χ2n) is 2.56. The summed E-state index contributed by atoms with van der Waals surface area (Å²) in [6.07, 6.45) is 2.81. The topological polar surface area (TPSA) is 61.7 Å². The van der Waals surface area contributed by atoms with Crippen LogP contribution in [0.15, 0.2) is 35.3 Å². The normalized spacial score (nSPS) is 10.1. The minimum atomic E-state index is -0.559. The third kappa shape index (κ3) is 2.84. The van der Waals surface area contributed by atoms with Gasteiger partial charge in [0.2, 0.25) is 0 Å². The fraction of sp³-hybridized carbons (Fsp3) is 0. The van der Waals surface area contributed by atoms with Crippen molar-refractivity contribution in [3.8, 4) is 0 Å². The average molecular weight is 190 g/mol. The van der Waals surface area contributed by atoms with E-state index in [1.165, 1.54) is 11.6 Å². The Morgan fingerprint density at radius 3 is 2.57 bits per heavy atom. The van der Waals surface area contributed by atoms with Crippen LogP contribution in [0.1, 0.15) is 5.56 Å². The zero-order valence-corrected chi connectivity index (χ0v) is 7.47. The highest BCUT2D eigenvalue weighted by molar-refractivity contribution is 5.90. The molecule has 1 rings (SSSR count). The van der Waals surface area contributed by atoms with Crippen molar-refractivity contribution in [2.45, 2.75) is 0 Å². The van der Waals surface area contributed by atoms with Gasteiger partial charge in [0.05, 0.1) is 5.69 Å². The number of nitrogens with one attached hydrogen (secondary N) is 1. The molecule has 0 heterocycles.